The molecule has 1 saturated carbocycles. The molecule has 0 aromatic heterocycles. The average molecular weight is 398 g/mol. The normalized spacial score (nSPS) is 26.0. The SMILES string of the molecule is CCOc1cc(Cl)c(CN2CC[C@H](O)[C@](CC3CC3)(C(=O)O)C2)cc1OC. The highest BCUT2D eigenvalue weighted by Crippen LogP contribution is 2.45. The maximum absolute atomic E-state index is 12.1. The molecule has 0 bridgehead atoms. The molecule has 6 nitrogen and oxygen atoms in total. The van der Waals surface area contributed by atoms with E-state index in [0.29, 0.717) is 61.5 Å². The number of ether oxygens (including phenoxy) is 2. The van der Waals surface area contributed by atoms with Crippen LogP contribution in [0.5, 0.6) is 11.5 Å². The minimum atomic E-state index is -1.10. The molecule has 27 heavy (non-hydrogen) atoms. The standard InChI is InChI=1S/C20H28ClNO5/c1-3-27-17-9-15(21)14(8-16(17)26-2)11-22-7-6-18(23)20(12-22,19(24)25)10-13-4-5-13/h8-9,13,18,23H,3-7,10-12H2,1-2H3,(H,24,25)/t18-,20+/m0/s1. The summed E-state index contributed by atoms with van der Waals surface area (Å²) in [7, 11) is 1.58. The number of aliphatic carboxylic acids is 1. The number of rotatable bonds is 8. The average Bonchev–Trinajstić information content (AvgIpc) is 3.44. The van der Waals surface area contributed by atoms with E-state index in [-0.39, 0.29) is 0 Å². The Labute approximate surface area is 165 Å². The molecular formula is C20H28ClNO5. The first-order valence-corrected chi connectivity index (χ1v) is 9.90. The van der Waals surface area contributed by atoms with Crippen LogP contribution >= 0.6 is 11.6 Å². The van der Waals surface area contributed by atoms with E-state index in [1.165, 1.54) is 0 Å². The van der Waals surface area contributed by atoms with Crippen LogP contribution in [0.4, 0.5) is 0 Å². The lowest BCUT2D eigenvalue weighted by Gasteiger charge is -2.43. The topological polar surface area (TPSA) is 79.2 Å². The number of aliphatic hydroxyl groups is 1. The molecule has 0 unspecified atom stereocenters. The van der Waals surface area contributed by atoms with Gasteiger partial charge in [-0.05, 0) is 37.3 Å². The summed E-state index contributed by atoms with van der Waals surface area (Å²) in [6, 6.07) is 3.59. The third-order valence-corrected chi connectivity index (χ3v) is 6.02. The van der Waals surface area contributed by atoms with Crippen LogP contribution in [0.25, 0.3) is 0 Å². The number of benzene rings is 1. The van der Waals surface area contributed by atoms with Crippen LogP contribution in [0, 0.1) is 11.3 Å². The van der Waals surface area contributed by atoms with Gasteiger partial charge in [-0.1, -0.05) is 24.4 Å². The molecule has 2 fully saturated rings. The molecule has 2 aliphatic rings. The zero-order valence-corrected chi connectivity index (χ0v) is 16.7. The van der Waals surface area contributed by atoms with E-state index in [9.17, 15) is 15.0 Å². The Morgan fingerprint density at radius 2 is 2.07 bits per heavy atom. The van der Waals surface area contributed by atoms with Crippen molar-refractivity contribution < 1.29 is 24.5 Å². The van der Waals surface area contributed by atoms with E-state index in [2.05, 4.69) is 4.90 Å². The number of nitrogens with zero attached hydrogens (tertiary/aromatic N) is 1. The summed E-state index contributed by atoms with van der Waals surface area (Å²) in [5.74, 6) is 0.721. The summed E-state index contributed by atoms with van der Waals surface area (Å²) in [5.41, 5.74) is -0.236. The highest BCUT2D eigenvalue weighted by Gasteiger charge is 2.51. The number of methoxy groups -OCH3 is 1. The number of hydrogen-bond donors (Lipinski definition) is 2. The zero-order chi connectivity index (χ0) is 19.6. The van der Waals surface area contributed by atoms with Crippen molar-refractivity contribution in [1.29, 1.82) is 0 Å². The number of hydrogen-bond acceptors (Lipinski definition) is 5. The fraction of sp³-hybridized carbons (Fsp3) is 0.650. The van der Waals surface area contributed by atoms with Gasteiger partial charge >= 0.3 is 5.97 Å². The molecule has 0 radical (unpaired) electrons. The van der Waals surface area contributed by atoms with Crippen LogP contribution in [0.3, 0.4) is 0 Å². The molecule has 0 spiro atoms. The van der Waals surface area contributed by atoms with Crippen LogP contribution in [0.1, 0.15) is 38.2 Å². The Hall–Kier alpha value is -1.50. The van der Waals surface area contributed by atoms with Crippen molar-refractivity contribution in [3.8, 4) is 11.5 Å². The van der Waals surface area contributed by atoms with Crippen LogP contribution in [0.2, 0.25) is 5.02 Å². The van der Waals surface area contributed by atoms with Gasteiger partial charge in [-0.3, -0.25) is 9.69 Å². The quantitative estimate of drug-likeness (QED) is 0.701. The van der Waals surface area contributed by atoms with E-state index >= 15 is 0 Å². The van der Waals surface area contributed by atoms with Gasteiger partial charge in [0.25, 0.3) is 0 Å². The van der Waals surface area contributed by atoms with E-state index in [1.807, 2.05) is 13.0 Å². The van der Waals surface area contributed by atoms with Gasteiger partial charge in [0.2, 0.25) is 0 Å². The number of piperidine rings is 1. The maximum Gasteiger partial charge on any atom is 0.313 e. The van der Waals surface area contributed by atoms with Crippen molar-refractivity contribution in [2.24, 2.45) is 11.3 Å². The van der Waals surface area contributed by atoms with Crippen molar-refractivity contribution in [3.05, 3.63) is 22.7 Å². The minimum absolute atomic E-state index is 0.325. The minimum Gasteiger partial charge on any atom is -0.493 e. The Kier molecular flexibility index (Phi) is 6.18. The van der Waals surface area contributed by atoms with Crippen LogP contribution < -0.4 is 9.47 Å². The maximum atomic E-state index is 12.1. The largest absolute Gasteiger partial charge is 0.493 e. The summed E-state index contributed by atoms with van der Waals surface area (Å²) in [6.45, 7) is 3.87. The first kappa shape index (κ1) is 20.2. The van der Waals surface area contributed by atoms with Gasteiger partial charge in [-0.25, -0.2) is 0 Å². The summed E-state index contributed by atoms with van der Waals surface area (Å²) in [5, 5.41) is 21.0. The van der Waals surface area contributed by atoms with Crippen molar-refractivity contribution in [2.75, 3.05) is 26.8 Å². The molecule has 150 valence electrons. The second kappa shape index (κ2) is 8.25. The summed E-state index contributed by atoms with van der Waals surface area (Å²) < 4.78 is 11.0. The lowest BCUT2D eigenvalue weighted by Crippen LogP contribution is -2.56. The number of halogens is 1. The van der Waals surface area contributed by atoms with E-state index < -0.39 is 17.5 Å². The van der Waals surface area contributed by atoms with Crippen molar-refractivity contribution in [2.45, 2.75) is 45.3 Å². The van der Waals surface area contributed by atoms with Gasteiger partial charge in [0, 0.05) is 30.7 Å². The summed E-state index contributed by atoms with van der Waals surface area (Å²) in [4.78, 5) is 14.2. The predicted molar refractivity (Wildman–Crippen MR) is 102 cm³/mol. The highest BCUT2D eigenvalue weighted by atomic mass is 35.5. The first-order valence-electron chi connectivity index (χ1n) is 9.52. The Balaban J connectivity index is 1.80. The number of carbonyl (C=O) groups is 1. The third kappa shape index (κ3) is 4.33. The van der Waals surface area contributed by atoms with Gasteiger partial charge in [0.15, 0.2) is 11.5 Å². The Morgan fingerprint density at radius 3 is 2.67 bits per heavy atom. The van der Waals surface area contributed by atoms with Crippen molar-refractivity contribution in [1.82, 2.24) is 4.90 Å². The Bertz CT molecular complexity index is 693. The highest BCUT2D eigenvalue weighted by molar-refractivity contribution is 6.31. The molecule has 1 aliphatic heterocycles. The van der Waals surface area contributed by atoms with Crippen LogP contribution in [-0.2, 0) is 11.3 Å². The molecule has 7 heteroatoms. The second-order valence-electron chi connectivity index (χ2n) is 7.65. The molecule has 1 saturated heterocycles. The van der Waals surface area contributed by atoms with E-state index in [4.69, 9.17) is 21.1 Å². The van der Waals surface area contributed by atoms with Crippen molar-refractivity contribution in [3.63, 3.8) is 0 Å². The van der Waals surface area contributed by atoms with Gasteiger partial charge in [0.05, 0.1) is 19.8 Å². The number of aliphatic hydroxyl groups excluding tert-OH is 1. The lowest BCUT2D eigenvalue weighted by molar-refractivity contribution is -0.165. The van der Waals surface area contributed by atoms with Gasteiger partial charge in [-0.15, -0.1) is 0 Å². The zero-order valence-electron chi connectivity index (χ0n) is 15.9. The molecular weight excluding hydrogens is 370 g/mol. The number of carboxylic acids is 1. The Morgan fingerprint density at radius 1 is 1.33 bits per heavy atom. The molecule has 2 atom stereocenters. The first-order chi connectivity index (χ1) is 12.9. The van der Waals surface area contributed by atoms with E-state index in [0.717, 1.165) is 18.4 Å². The monoisotopic (exact) mass is 397 g/mol. The molecule has 3 rings (SSSR count). The number of carboxylic acid groups (broad SMARTS) is 1. The summed E-state index contributed by atoms with van der Waals surface area (Å²) >= 11 is 6.44. The smallest absolute Gasteiger partial charge is 0.313 e. The van der Waals surface area contributed by atoms with E-state index in [1.54, 1.807) is 13.2 Å². The van der Waals surface area contributed by atoms with Crippen LogP contribution in [0.15, 0.2) is 12.1 Å². The molecule has 1 aromatic carbocycles. The third-order valence-electron chi connectivity index (χ3n) is 5.66. The fourth-order valence-electron chi connectivity index (χ4n) is 4.00. The lowest BCUT2D eigenvalue weighted by atomic mass is 9.73. The van der Waals surface area contributed by atoms with Crippen molar-refractivity contribution >= 4 is 17.6 Å². The molecule has 0 amide bonds. The van der Waals surface area contributed by atoms with Gasteiger partial charge in [-0.2, -0.15) is 0 Å². The predicted octanol–water partition coefficient (Wildman–Crippen LogP) is 3.19. The van der Waals surface area contributed by atoms with Gasteiger partial charge < -0.3 is 19.7 Å². The molecule has 1 aliphatic carbocycles. The molecule has 1 aromatic rings. The van der Waals surface area contributed by atoms with Crippen LogP contribution in [-0.4, -0.2) is 54.0 Å². The molecule has 1 heterocycles. The number of likely N-dealkylation sites (tertiary alicyclic amines) is 1. The van der Waals surface area contributed by atoms with Gasteiger partial charge in [0.1, 0.15) is 5.41 Å². The fourth-order valence-corrected chi connectivity index (χ4v) is 4.22. The second-order valence-corrected chi connectivity index (χ2v) is 8.06. The molecule has 2 N–H and O–H groups in total. The summed E-state index contributed by atoms with van der Waals surface area (Å²) in [6.07, 6.45) is 2.30.